The van der Waals surface area contributed by atoms with E-state index in [2.05, 4.69) is 48.5 Å². The summed E-state index contributed by atoms with van der Waals surface area (Å²) in [6.07, 6.45) is 10.6. The van der Waals surface area contributed by atoms with Crippen LogP contribution in [0.15, 0.2) is 0 Å². The van der Waals surface area contributed by atoms with Gasteiger partial charge in [0.1, 0.15) is 18.3 Å². The van der Waals surface area contributed by atoms with Gasteiger partial charge in [-0.2, -0.15) is 0 Å². The second kappa shape index (κ2) is 13.1. The Morgan fingerprint density at radius 2 is 1.41 bits per heavy atom. The van der Waals surface area contributed by atoms with Crippen LogP contribution in [0.3, 0.4) is 0 Å². The monoisotopic (exact) mass is 721 g/mol. The molecule has 0 aromatic rings. The van der Waals surface area contributed by atoms with Crippen molar-refractivity contribution >= 4 is 0 Å². The first kappa shape index (κ1) is 38.9. The summed E-state index contributed by atoms with van der Waals surface area (Å²) in [6, 6.07) is 0. The fourth-order valence-corrected chi connectivity index (χ4v) is 15.2. The zero-order chi connectivity index (χ0) is 37.0. The Morgan fingerprint density at radius 3 is 2.02 bits per heavy atom. The first-order valence-corrected chi connectivity index (χ1v) is 20.2. The molecule has 51 heavy (non-hydrogen) atoms. The maximum atomic E-state index is 7.19. The molecule has 7 aliphatic rings. The third-order valence-corrected chi connectivity index (χ3v) is 17.6. The van der Waals surface area contributed by atoms with Gasteiger partial charge in [-0.05, 0) is 124 Å². The van der Waals surface area contributed by atoms with Crippen molar-refractivity contribution in [2.75, 3.05) is 49.3 Å². The molecule has 0 aromatic carbocycles. The highest BCUT2D eigenvalue weighted by Gasteiger charge is 2.85. The lowest BCUT2D eigenvalue weighted by Gasteiger charge is -2.66. The van der Waals surface area contributed by atoms with Crippen molar-refractivity contribution in [3.63, 3.8) is 0 Å². The molecule has 2 aliphatic heterocycles. The van der Waals surface area contributed by atoms with Crippen molar-refractivity contribution in [2.24, 2.45) is 44.8 Å². The number of ether oxygens (including phenoxy) is 9. The van der Waals surface area contributed by atoms with Crippen LogP contribution in [0, 0.1) is 44.8 Å². The molecule has 16 atom stereocenters. The van der Waals surface area contributed by atoms with E-state index in [1.54, 1.807) is 21.3 Å². The number of rotatable bonds is 11. The summed E-state index contributed by atoms with van der Waals surface area (Å²) in [4.78, 5) is 0. The number of fused-ring (bicyclic) bond motifs is 2. The van der Waals surface area contributed by atoms with Gasteiger partial charge in [-0.3, -0.25) is 0 Å². The molecule has 9 heteroatoms. The highest BCUT2D eigenvalue weighted by Crippen LogP contribution is 2.90. The molecule has 0 radical (unpaired) electrons. The van der Waals surface area contributed by atoms with Gasteiger partial charge in [-0.15, -0.1) is 0 Å². The van der Waals surface area contributed by atoms with Crippen LogP contribution >= 0.6 is 0 Å². The fraction of sp³-hybridized carbons (Fsp3) is 1.00. The summed E-state index contributed by atoms with van der Waals surface area (Å²) in [7, 11) is 10.9. The zero-order valence-electron chi connectivity index (χ0n) is 34.3. The van der Waals surface area contributed by atoms with E-state index < -0.39 is 6.29 Å². The van der Waals surface area contributed by atoms with Crippen molar-refractivity contribution in [2.45, 2.75) is 173 Å². The SMILES string of the molecule is CC[C@@]12CC(OC)C([C@@]3(C)CCC(C(C)(C)OC)O3)[C@@]1(C)CCC13CC14CCC(OC1OC[C@@H](OC)C(OC)[C@H]1OC)C(C)(C)[C@@H]4[C@@H](OC)CC32. The van der Waals surface area contributed by atoms with E-state index in [0.717, 1.165) is 32.1 Å². The van der Waals surface area contributed by atoms with E-state index >= 15 is 0 Å². The molecule has 2 saturated heterocycles. The predicted octanol–water partition coefficient (Wildman–Crippen LogP) is 7.21. The number of hydrogen-bond acceptors (Lipinski definition) is 9. The van der Waals surface area contributed by atoms with Crippen LogP contribution in [-0.2, 0) is 42.6 Å². The van der Waals surface area contributed by atoms with E-state index in [9.17, 15) is 0 Å². The Labute approximate surface area is 309 Å². The standard InChI is InChI=1S/C42H72O9/c1-14-40-22-26(44-9)34(39(7)17-15-30(51-39)37(4,5)48-13)38(40,6)19-20-41-24-42(41)18-16-29(36(2,3)33(42)25(43-8)21-28(40)41)50-35-32(47-12)31(46-11)27(45-10)23-49-35/h25-35H,14-24H2,1-13H3/t25-,26?,27+,28?,29?,30?,31?,32+,33-,34?,35?,38+,39+,40-,41?,42?/m0/s1. The zero-order valence-corrected chi connectivity index (χ0v) is 34.3. The molecular formula is C42H72O9. The molecule has 5 aliphatic carbocycles. The Kier molecular flexibility index (Phi) is 10.0. The minimum Gasteiger partial charge on any atom is -0.381 e. The summed E-state index contributed by atoms with van der Waals surface area (Å²) in [5, 5.41) is 0. The van der Waals surface area contributed by atoms with Crippen LogP contribution in [0.1, 0.15) is 113 Å². The van der Waals surface area contributed by atoms with Gasteiger partial charge in [0.25, 0.3) is 0 Å². The Morgan fingerprint density at radius 1 is 0.725 bits per heavy atom. The van der Waals surface area contributed by atoms with Gasteiger partial charge in [-0.25, -0.2) is 0 Å². The lowest BCUT2D eigenvalue weighted by Crippen LogP contribution is -2.64. The molecule has 5 saturated carbocycles. The Hall–Kier alpha value is -0.360. The predicted molar refractivity (Wildman–Crippen MR) is 194 cm³/mol. The van der Waals surface area contributed by atoms with E-state index in [-0.39, 0.29) is 75.6 Å². The molecule has 2 heterocycles. The van der Waals surface area contributed by atoms with Crippen LogP contribution in [0.25, 0.3) is 0 Å². The van der Waals surface area contributed by atoms with Gasteiger partial charge in [0.2, 0.25) is 0 Å². The maximum Gasteiger partial charge on any atom is 0.186 e. The lowest BCUT2D eigenvalue weighted by molar-refractivity contribution is -0.315. The van der Waals surface area contributed by atoms with Crippen molar-refractivity contribution in [1.29, 1.82) is 0 Å². The van der Waals surface area contributed by atoms with E-state index in [0.29, 0.717) is 29.8 Å². The maximum absolute atomic E-state index is 7.19. The minimum atomic E-state index is -0.511. The minimum absolute atomic E-state index is 0.0192. The van der Waals surface area contributed by atoms with Gasteiger partial charge in [-0.1, -0.05) is 27.7 Å². The molecule has 9 nitrogen and oxygen atoms in total. The van der Waals surface area contributed by atoms with Crippen molar-refractivity contribution in [3.05, 3.63) is 0 Å². The molecule has 0 N–H and O–H groups in total. The van der Waals surface area contributed by atoms with Crippen LogP contribution < -0.4 is 0 Å². The van der Waals surface area contributed by atoms with E-state index in [1.165, 1.54) is 32.1 Å². The van der Waals surface area contributed by atoms with E-state index in [4.69, 9.17) is 42.6 Å². The average Bonchev–Trinajstić information content (AvgIpc) is 3.44. The summed E-state index contributed by atoms with van der Waals surface area (Å²) < 4.78 is 57.3. The lowest BCUT2D eigenvalue weighted by atomic mass is 9.40. The van der Waals surface area contributed by atoms with Gasteiger partial charge < -0.3 is 42.6 Å². The van der Waals surface area contributed by atoms with Crippen molar-refractivity contribution in [3.8, 4) is 0 Å². The third-order valence-electron chi connectivity index (χ3n) is 17.6. The molecular weight excluding hydrogens is 648 g/mol. The van der Waals surface area contributed by atoms with Crippen molar-refractivity contribution < 1.29 is 42.6 Å². The second-order valence-electron chi connectivity index (χ2n) is 19.5. The summed E-state index contributed by atoms with van der Waals surface area (Å²) in [5.41, 5.74) is 0.181. The normalized spacial score (nSPS) is 53.2. The first-order chi connectivity index (χ1) is 24.1. The highest BCUT2D eigenvalue weighted by molar-refractivity contribution is 5.33. The Bertz CT molecular complexity index is 1270. The molecule has 0 aromatic heterocycles. The van der Waals surface area contributed by atoms with E-state index in [1.807, 2.05) is 21.3 Å². The average molecular weight is 721 g/mol. The molecule has 7 fully saturated rings. The first-order valence-electron chi connectivity index (χ1n) is 20.2. The smallest absolute Gasteiger partial charge is 0.186 e. The topological polar surface area (TPSA) is 83.1 Å². The fourth-order valence-electron chi connectivity index (χ4n) is 15.2. The second-order valence-corrected chi connectivity index (χ2v) is 19.5. The highest BCUT2D eigenvalue weighted by atomic mass is 16.7. The molecule has 0 bridgehead atoms. The number of hydrogen-bond donors (Lipinski definition) is 0. The van der Waals surface area contributed by atoms with Crippen LogP contribution in [-0.4, -0.2) is 109 Å². The van der Waals surface area contributed by atoms with Gasteiger partial charge >= 0.3 is 0 Å². The Balaban J connectivity index is 1.19. The molecule has 9 unspecified atom stereocenters. The summed E-state index contributed by atoms with van der Waals surface area (Å²) in [6.45, 7) is 17.2. The van der Waals surface area contributed by atoms with Gasteiger partial charge in [0, 0.05) is 48.6 Å². The number of methoxy groups -OCH3 is 6. The van der Waals surface area contributed by atoms with Gasteiger partial charge in [0.15, 0.2) is 6.29 Å². The van der Waals surface area contributed by atoms with Crippen LogP contribution in [0.2, 0.25) is 0 Å². The quantitative estimate of drug-likeness (QED) is 0.206. The molecule has 2 spiro atoms. The largest absolute Gasteiger partial charge is 0.381 e. The van der Waals surface area contributed by atoms with Crippen molar-refractivity contribution in [1.82, 2.24) is 0 Å². The molecule has 294 valence electrons. The van der Waals surface area contributed by atoms with Crippen LogP contribution in [0.5, 0.6) is 0 Å². The molecule has 0 amide bonds. The third kappa shape index (κ3) is 5.17. The molecule has 7 rings (SSSR count). The van der Waals surface area contributed by atoms with Gasteiger partial charge in [0.05, 0.1) is 42.2 Å². The van der Waals surface area contributed by atoms with Crippen LogP contribution in [0.4, 0.5) is 0 Å². The summed E-state index contributed by atoms with van der Waals surface area (Å²) in [5.74, 6) is 1.33. The summed E-state index contributed by atoms with van der Waals surface area (Å²) >= 11 is 0.